The van der Waals surface area contributed by atoms with Crippen molar-refractivity contribution < 1.29 is 13.2 Å². The largest absolute Gasteiger partial charge is 0.341 e. The maximum atomic E-state index is 13.0. The van der Waals surface area contributed by atoms with E-state index in [0.717, 1.165) is 37.4 Å². The van der Waals surface area contributed by atoms with Crippen LogP contribution in [0.5, 0.6) is 0 Å². The highest BCUT2D eigenvalue weighted by molar-refractivity contribution is 7.89. The summed E-state index contributed by atoms with van der Waals surface area (Å²) < 4.78 is 28.8. The highest BCUT2D eigenvalue weighted by Gasteiger charge is 2.36. The van der Waals surface area contributed by atoms with Gasteiger partial charge in [-0.1, -0.05) is 6.07 Å². The average molecular weight is 487 g/mol. The number of rotatable bonds is 6. The van der Waals surface area contributed by atoms with Crippen molar-refractivity contribution in [2.75, 3.05) is 42.3 Å². The fourth-order valence-electron chi connectivity index (χ4n) is 4.66. The third-order valence-corrected chi connectivity index (χ3v) is 8.10. The van der Waals surface area contributed by atoms with Crippen molar-refractivity contribution in [1.82, 2.24) is 14.6 Å². The SMILES string of the molecule is CC(C)N1c2nc(Nc3cccc(S(=O)(=O)NC4CCN(C)CC4)c3)ccc2N(C)C(=O)[C@H]1C. The molecule has 1 fully saturated rings. The summed E-state index contributed by atoms with van der Waals surface area (Å²) in [7, 11) is 0.178. The Labute approximate surface area is 202 Å². The molecule has 2 N–H and O–H groups in total. The van der Waals surface area contributed by atoms with Crippen LogP contribution in [0.15, 0.2) is 41.3 Å². The number of sulfonamides is 1. The van der Waals surface area contributed by atoms with Crippen LogP contribution in [-0.2, 0) is 14.8 Å². The molecule has 1 atom stereocenters. The smallest absolute Gasteiger partial charge is 0.249 e. The van der Waals surface area contributed by atoms with Crippen LogP contribution in [0, 0.1) is 0 Å². The lowest BCUT2D eigenvalue weighted by Gasteiger charge is -2.41. The zero-order chi connectivity index (χ0) is 24.6. The minimum absolute atomic E-state index is 0.0266. The zero-order valence-corrected chi connectivity index (χ0v) is 21.3. The number of carbonyl (C=O) groups is 1. The van der Waals surface area contributed by atoms with E-state index in [1.54, 1.807) is 36.2 Å². The number of carbonyl (C=O) groups excluding carboxylic acids is 1. The van der Waals surface area contributed by atoms with E-state index >= 15 is 0 Å². The summed E-state index contributed by atoms with van der Waals surface area (Å²) in [4.78, 5) is 23.5. The average Bonchev–Trinajstić information content (AvgIpc) is 2.79. The van der Waals surface area contributed by atoms with Gasteiger partial charge >= 0.3 is 0 Å². The number of likely N-dealkylation sites (N-methyl/N-ethyl adjacent to an activating group) is 1. The van der Waals surface area contributed by atoms with Crippen LogP contribution in [0.1, 0.15) is 33.6 Å². The first-order chi connectivity index (χ1) is 16.1. The second kappa shape index (κ2) is 9.52. The summed E-state index contributed by atoms with van der Waals surface area (Å²) in [5.41, 5.74) is 1.38. The van der Waals surface area contributed by atoms with E-state index in [-0.39, 0.29) is 28.9 Å². The summed E-state index contributed by atoms with van der Waals surface area (Å²) in [6.45, 7) is 7.71. The van der Waals surface area contributed by atoms with Crippen LogP contribution in [-0.4, -0.2) is 69.5 Å². The maximum absolute atomic E-state index is 13.0. The number of amides is 1. The minimum Gasteiger partial charge on any atom is -0.341 e. The highest BCUT2D eigenvalue weighted by Crippen LogP contribution is 2.36. The molecule has 2 aliphatic heterocycles. The number of likely N-dealkylation sites (tertiary alicyclic amines) is 1. The fourth-order valence-corrected chi connectivity index (χ4v) is 6.01. The first-order valence-electron chi connectivity index (χ1n) is 11.7. The van der Waals surface area contributed by atoms with Crippen LogP contribution < -0.4 is 19.8 Å². The Bertz CT molecular complexity index is 1160. The quantitative estimate of drug-likeness (QED) is 0.648. The molecular weight excluding hydrogens is 452 g/mol. The second-order valence-corrected chi connectivity index (χ2v) is 11.2. The van der Waals surface area contributed by atoms with Crippen LogP contribution in [0.2, 0.25) is 0 Å². The molecule has 4 rings (SSSR count). The van der Waals surface area contributed by atoms with E-state index in [0.29, 0.717) is 11.5 Å². The molecule has 0 aliphatic carbocycles. The molecule has 0 radical (unpaired) electrons. The third-order valence-electron chi connectivity index (χ3n) is 6.58. The van der Waals surface area contributed by atoms with Crippen molar-refractivity contribution >= 4 is 38.9 Å². The lowest BCUT2D eigenvalue weighted by Crippen LogP contribution is -2.53. The number of nitrogens with one attached hydrogen (secondary N) is 2. The van der Waals surface area contributed by atoms with Gasteiger partial charge in [-0.15, -0.1) is 0 Å². The summed E-state index contributed by atoms with van der Waals surface area (Å²) in [6.07, 6.45) is 1.60. The van der Waals surface area contributed by atoms with Gasteiger partial charge in [0.2, 0.25) is 15.9 Å². The van der Waals surface area contributed by atoms with Crippen molar-refractivity contribution in [3.05, 3.63) is 36.4 Å². The third kappa shape index (κ3) is 4.89. The van der Waals surface area contributed by atoms with Gasteiger partial charge in [0, 0.05) is 24.8 Å². The topological polar surface area (TPSA) is 97.9 Å². The lowest BCUT2D eigenvalue weighted by atomic mass is 10.1. The van der Waals surface area contributed by atoms with Gasteiger partial charge in [0.25, 0.3) is 0 Å². The highest BCUT2D eigenvalue weighted by atomic mass is 32.2. The number of aromatic nitrogens is 1. The molecule has 1 aromatic carbocycles. The van der Waals surface area contributed by atoms with Crippen LogP contribution >= 0.6 is 0 Å². The standard InChI is InChI=1S/C24H34N6O3S/c1-16(2)30-17(3)24(31)29(5)21-9-10-22(26-23(21)30)25-19-7-6-8-20(15-19)34(32,33)27-18-11-13-28(4)14-12-18/h6-10,15-18,27H,11-14H2,1-5H3,(H,25,26)/t17-/m1/s1. The number of anilines is 4. The predicted octanol–water partition coefficient (Wildman–Crippen LogP) is 2.78. The molecule has 1 saturated heterocycles. The molecule has 2 aromatic rings. The van der Waals surface area contributed by atoms with Gasteiger partial charge in [-0.3, -0.25) is 4.79 Å². The van der Waals surface area contributed by atoms with Crippen LogP contribution in [0.4, 0.5) is 23.0 Å². The molecule has 3 heterocycles. The van der Waals surface area contributed by atoms with Crippen LogP contribution in [0.3, 0.4) is 0 Å². The number of benzene rings is 1. The molecule has 1 aromatic heterocycles. The summed E-state index contributed by atoms with van der Waals surface area (Å²) >= 11 is 0. The molecule has 2 aliphatic rings. The van der Waals surface area contributed by atoms with E-state index < -0.39 is 10.0 Å². The molecule has 0 spiro atoms. The monoisotopic (exact) mass is 486 g/mol. The second-order valence-electron chi connectivity index (χ2n) is 9.47. The molecule has 184 valence electrons. The number of fused-ring (bicyclic) bond motifs is 1. The van der Waals surface area contributed by atoms with Crippen LogP contribution in [0.25, 0.3) is 0 Å². The van der Waals surface area contributed by atoms with Crippen molar-refractivity contribution in [3.8, 4) is 0 Å². The molecule has 1 amide bonds. The van der Waals surface area contributed by atoms with E-state index in [9.17, 15) is 13.2 Å². The van der Waals surface area contributed by atoms with Crippen molar-refractivity contribution in [2.24, 2.45) is 0 Å². The Hall–Kier alpha value is -2.69. The number of piperidine rings is 1. The van der Waals surface area contributed by atoms with Gasteiger partial charge in [0.05, 0.1) is 10.6 Å². The number of pyridine rings is 1. The Morgan fingerprint density at radius 2 is 1.79 bits per heavy atom. The summed E-state index contributed by atoms with van der Waals surface area (Å²) in [5.74, 6) is 1.33. The normalized spacial score (nSPS) is 20.1. The molecule has 10 heteroatoms. The molecular formula is C24H34N6O3S. The van der Waals surface area contributed by atoms with Crippen molar-refractivity contribution in [1.29, 1.82) is 0 Å². The summed E-state index contributed by atoms with van der Waals surface area (Å²) in [6, 6.07) is 10.1. The van der Waals surface area contributed by atoms with Gasteiger partial charge in [-0.05, 0) is 84.1 Å². The number of nitrogens with zero attached hydrogens (tertiary/aromatic N) is 4. The molecule has 0 unspecified atom stereocenters. The Kier molecular flexibility index (Phi) is 6.84. The Balaban J connectivity index is 1.56. The lowest BCUT2D eigenvalue weighted by molar-refractivity contribution is -0.119. The Morgan fingerprint density at radius 1 is 1.09 bits per heavy atom. The van der Waals surface area contributed by atoms with Gasteiger partial charge in [0.15, 0.2) is 5.82 Å². The van der Waals surface area contributed by atoms with Gasteiger partial charge in [-0.2, -0.15) is 0 Å². The zero-order valence-electron chi connectivity index (χ0n) is 20.4. The fraction of sp³-hybridized carbons (Fsp3) is 0.500. The van der Waals surface area contributed by atoms with E-state index in [4.69, 9.17) is 4.98 Å². The minimum atomic E-state index is -3.63. The van der Waals surface area contributed by atoms with E-state index in [1.807, 2.05) is 44.9 Å². The predicted molar refractivity (Wildman–Crippen MR) is 135 cm³/mol. The maximum Gasteiger partial charge on any atom is 0.249 e. The first-order valence-corrected chi connectivity index (χ1v) is 13.2. The van der Waals surface area contributed by atoms with Gasteiger partial charge in [-0.25, -0.2) is 18.1 Å². The summed E-state index contributed by atoms with van der Waals surface area (Å²) in [5, 5.41) is 3.24. The molecule has 34 heavy (non-hydrogen) atoms. The van der Waals surface area contributed by atoms with Gasteiger partial charge < -0.3 is 20.0 Å². The molecule has 0 bridgehead atoms. The van der Waals surface area contributed by atoms with Gasteiger partial charge in [0.1, 0.15) is 11.9 Å². The molecule has 9 nitrogen and oxygen atoms in total. The van der Waals surface area contributed by atoms with E-state index in [2.05, 4.69) is 14.9 Å². The number of hydrogen-bond donors (Lipinski definition) is 2. The van der Waals surface area contributed by atoms with E-state index in [1.165, 1.54) is 0 Å². The van der Waals surface area contributed by atoms with Crippen molar-refractivity contribution in [3.63, 3.8) is 0 Å². The number of hydrogen-bond acceptors (Lipinski definition) is 7. The first kappa shape index (κ1) is 24.4. The van der Waals surface area contributed by atoms with Crippen molar-refractivity contribution in [2.45, 2.75) is 56.6 Å². The molecule has 0 saturated carbocycles. The Morgan fingerprint density at radius 3 is 2.47 bits per heavy atom.